The van der Waals surface area contributed by atoms with Gasteiger partial charge in [0.15, 0.2) is 9.84 Å². The van der Waals surface area contributed by atoms with Gasteiger partial charge in [-0.1, -0.05) is 26.3 Å². The minimum absolute atomic E-state index is 0.173. The molecule has 0 spiro atoms. The number of amides is 1. The van der Waals surface area contributed by atoms with Crippen LogP contribution in [0.3, 0.4) is 0 Å². The molecule has 7 heteroatoms. The number of hydrogen-bond acceptors (Lipinski definition) is 5. The molecule has 1 amide bonds. The summed E-state index contributed by atoms with van der Waals surface area (Å²) >= 11 is 0. The average Bonchev–Trinajstić information content (AvgIpc) is 2.61. The number of rotatable bonds is 8. The highest BCUT2D eigenvalue weighted by molar-refractivity contribution is 7.90. The number of nitrogens with zero attached hydrogens (tertiary/aromatic N) is 1. The van der Waals surface area contributed by atoms with E-state index in [1.165, 1.54) is 18.3 Å². The normalized spacial score (nSPS) is 12.4. The van der Waals surface area contributed by atoms with E-state index in [-0.39, 0.29) is 16.7 Å². The fraction of sp³-hybridized carbons (Fsp3) is 0.368. The summed E-state index contributed by atoms with van der Waals surface area (Å²) in [7, 11) is -3.31. The van der Waals surface area contributed by atoms with Crippen LogP contribution in [0.25, 0.3) is 0 Å². The molecule has 6 nitrogen and oxygen atoms in total. The van der Waals surface area contributed by atoms with Gasteiger partial charge in [-0.25, -0.2) is 13.4 Å². The van der Waals surface area contributed by atoms with Gasteiger partial charge in [-0.3, -0.25) is 4.79 Å². The Bertz CT molecular complexity index is 848. The SMILES string of the molecule is CCC(C)CCNC(=O)c1ccc(Oc2cccc(S(C)(=O)=O)c2)nc1. The Morgan fingerprint density at radius 2 is 2.04 bits per heavy atom. The van der Waals surface area contributed by atoms with Crippen LogP contribution in [-0.4, -0.2) is 32.1 Å². The molecule has 0 radical (unpaired) electrons. The van der Waals surface area contributed by atoms with Gasteiger partial charge in [0.1, 0.15) is 5.75 Å². The summed E-state index contributed by atoms with van der Waals surface area (Å²) in [6, 6.07) is 9.39. The first-order chi connectivity index (χ1) is 12.3. The topological polar surface area (TPSA) is 85.4 Å². The van der Waals surface area contributed by atoms with Crippen molar-refractivity contribution in [2.75, 3.05) is 12.8 Å². The number of benzene rings is 1. The van der Waals surface area contributed by atoms with E-state index in [1.807, 2.05) is 0 Å². The van der Waals surface area contributed by atoms with E-state index in [1.54, 1.807) is 24.3 Å². The molecule has 26 heavy (non-hydrogen) atoms. The second-order valence-electron chi connectivity index (χ2n) is 6.29. The second kappa shape index (κ2) is 8.80. The molecule has 0 saturated carbocycles. The summed E-state index contributed by atoms with van der Waals surface area (Å²) in [5.74, 6) is 1.05. The highest BCUT2D eigenvalue weighted by Gasteiger charge is 2.10. The van der Waals surface area contributed by atoms with Crippen LogP contribution in [-0.2, 0) is 9.84 Å². The number of nitrogens with one attached hydrogen (secondary N) is 1. The van der Waals surface area contributed by atoms with Crippen molar-refractivity contribution in [3.05, 3.63) is 48.2 Å². The first-order valence-corrected chi connectivity index (χ1v) is 10.4. The van der Waals surface area contributed by atoms with E-state index in [0.29, 0.717) is 23.8 Å². The molecule has 1 aromatic heterocycles. The van der Waals surface area contributed by atoms with Crippen LogP contribution >= 0.6 is 0 Å². The summed E-state index contributed by atoms with van der Waals surface area (Å²) in [5.41, 5.74) is 0.450. The van der Waals surface area contributed by atoms with Crippen molar-refractivity contribution in [1.29, 1.82) is 0 Å². The predicted molar refractivity (Wildman–Crippen MR) is 100 cm³/mol. The van der Waals surface area contributed by atoms with Gasteiger partial charge in [-0.15, -0.1) is 0 Å². The summed E-state index contributed by atoms with van der Waals surface area (Å²) in [5, 5.41) is 2.87. The molecule has 1 atom stereocenters. The van der Waals surface area contributed by atoms with Crippen LogP contribution in [0, 0.1) is 5.92 Å². The lowest BCUT2D eigenvalue weighted by Crippen LogP contribution is -2.25. The van der Waals surface area contributed by atoms with Gasteiger partial charge >= 0.3 is 0 Å². The van der Waals surface area contributed by atoms with Crippen LogP contribution in [0.4, 0.5) is 0 Å². The van der Waals surface area contributed by atoms with E-state index in [0.717, 1.165) is 19.1 Å². The first kappa shape index (κ1) is 19.9. The molecule has 1 N–H and O–H groups in total. The Morgan fingerprint density at radius 3 is 2.65 bits per heavy atom. The third kappa shape index (κ3) is 5.84. The Labute approximate surface area is 154 Å². The van der Waals surface area contributed by atoms with Gasteiger partial charge in [-0.2, -0.15) is 0 Å². The van der Waals surface area contributed by atoms with Gasteiger partial charge in [0.25, 0.3) is 5.91 Å². The number of ether oxygens (including phenoxy) is 1. The van der Waals surface area contributed by atoms with Crippen molar-refractivity contribution in [2.45, 2.75) is 31.6 Å². The monoisotopic (exact) mass is 376 g/mol. The highest BCUT2D eigenvalue weighted by Crippen LogP contribution is 2.22. The largest absolute Gasteiger partial charge is 0.439 e. The van der Waals surface area contributed by atoms with E-state index in [9.17, 15) is 13.2 Å². The first-order valence-electron chi connectivity index (χ1n) is 8.52. The van der Waals surface area contributed by atoms with Gasteiger partial charge in [-0.05, 0) is 36.6 Å². The Balaban J connectivity index is 1.98. The van der Waals surface area contributed by atoms with Gasteiger partial charge < -0.3 is 10.1 Å². The molecule has 140 valence electrons. The van der Waals surface area contributed by atoms with Crippen LogP contribution in [0.1, 0.15) is 37.0 Å². The maximum absolute atomic E-state index is 12.1. The van der Waals surface area contributed by atoms with Crippen LogP contribution in [0.5, 0.6) is 11.6 Å². The Kier molecular flexibility index (Phi) is 6.74. The fourth-order valence-corrected chi connectivity index (χ4v) is 2.86. The number of sulfone groups is 1. The summed E-state index contributed by atoms with van der Waals surface area (Å²) in [6.07, 6.45) is 4.60. The molecule has 1 unspecified atom stereocenters. The average molecular weight is 376 g/mol. The molecule has 0 bridgehead atoms. The lowest BCUT2D eigenvalue weighted by molar-refractivity contribution is 0.0951. The quantitative estimate of drug-likeness (QED) is 0.763. The number of pyridine rings is 1. The van der Waals surface area contributed by atoms with Gasteiger partial charge in [0.2, 0.25) is 5.88 Å². The minimum atomic E-state index is -3.31. The second-order valence-corrected chi connectivity index (χ2v) is 8.31. The van der Waals surface area contributed by atoms with E-state index >= 15 is 0 Å². The third-order valence-electron chi connectivity index (χ3n) is 4.07. The molecule has 1 heterocycles. The van der Waals surface area contributed by atoms with Crippen molar-refractivity contribution in [3.8, 4) is 11.6 Å². The molecule has 2 rings (SSSR count). The summed E-state index contributed by atoms with van der Waals surface area (Å²) < 4.78 is 28.7. The zero-order chi connectivity index (χ0) is 19.2. The maximum Gasteiger partial charge on any atom is 0.252 e. The van der Waals surface area contributed by atoms with E-state index in [4.69, 9.17) is 4.74 Å². The van der Waals surface area contributed by atoms with E-state index in [2.05, 4.69) is 24.1 Å². The molecule has 0 aliphatic carbocycles. The number of carbonyl (C=O) groups is 1. The lowest BCUT2D eigenvalue weighted by atomic mass is 10.1. The van der Waals surface area contributed by atoms with Crippen molar-refractivity contribution in [3.63, 3.8) is 0 Å². The molecule has 0 saturated heterocycles. The Morgan fingerprint density at radius 1 is 1.27 bits per heavy atom. The van der Waals surface area contributed by atoms with Crippen LogP contribution in [0.2, 0.25) is 0 Å². The van der Waals surface area contributed by atoms with Crippen molar-refractivity contribution < 1.29 is 17.9 Å². The fourth-order valence-electron chi connectivity index (χ4n) is 2.20. The smallest absolute Gasteiger partial charge is 0.252 e. The summed E-state index contributed by atoms with van der Waals surface area (Å²) in [4.78, 5) is 16.4. The highest BCUT2D eigenvalue weighted by atomic mass is 32.2. The van der Waals surface area contributed by atoms with Crippen molar-refractivity contribution in [1.82, 2.24) is 10.3 Å². The zero-order valence-electron chi connectivity index (χ0n) is 15.2. The Hall–Kier alpha value is -2.41. The van der Waals surface area contributed by atoms with Crippen LogP contribution in [0.15, 0.2) is 47.5 Å². The van der Waals surface area contributed by atoms with Gasteiger partial charge in [0.05, 0.1) is 10.5 Å². The van der Waals surface area contributed by atoms with Crippen LogP contribution < -0.4 is 10.1 Å². The molecule has 0 aliphatic heterocycles. The molecular weight excluding hydrogens is 352 g/mol. The maximum atomic E-state index is 12.1. The van der Waals surface area contributed by atoms with Gasteiger partial charge in [0, 0.05) is 25.1 Å². The molecule has 0 fully saturated rings. The number of hydrogen-bond donors (Lipinski definition) is 1. The molecular formula is C19H24N2O4S. The van der Waals surface area contributed by atoms with E-state index < -0.39 is 9.84 Å². The minimum Gasteiger partial charge on any atom is -0.439 e. The molecule has 2 aromatic rings. The standard InChI is InChI=1S/C19H24N2O4S/c1-4-14(2)10-11-20-19(22)15-8-9-18(21-13-15)25-16-6-5-7-17(12-16)26(3,23)24/h5-9,12-14H,4,10-11H2,1-3H3,(H,20,22). The number of carbonyl (C=O) groups excluding carboxylic acids is 1. The lowest BCUT2D eigenvalue weighted by Gasteiger charge is -2.10. The zero-order valence-corrected chi connectivity index (χ0v) is 16.0. The van der Waals surface area contributed by atoms with Crippen molar-refractivity contribution >= 4 is 15.7 Å². The number of aromatic nitrogens is 1. The summed E-state index contributed by atoms with van der Waals surface area (Å²) in [6.45, 7) is 4.91. The van der Waals surface area contributed by atoms with Crippen molar-refractivity contribution in [2.24, 2.45) is 5.92 Å². The third-order valence-corrected chi connectivity index (χ3v) is 5.18. The predicted octanol–water partition coefficient (Wildman–Crippen LogP) is 3.44. The molecule has 0 aliphatic rings. The molecule has 1 aromatic carbocycles.